The van der Waals surface area contributed by atoms with E-state index in [0.29, 0.717) is 17.5 Å². The van der Waals surface area contributed by atoms with Gasteiger partial charge in [0.15, 0.2) is 0 Å². The maximum atomic E-state index is 5.87. The van der Waals surface area contributed by atoms with Crippen LogP contribution in [-0.4, -0.2) is 26.2 Å². The van der Waals surface area contributed by atoms with Gasteiger partial charge in [0.05, 0.1) is 36.4 Å². The summed E-state index contributed by atoms with van der Waals surface area (Å²) in [6.45, 7) is 2.57. The maximum Gasteiger partial charge on any atom is 0.148 e. The summed E-state index contributed by atoms with van der Waals surface area (Å²) in [7, 11) is 0. The number of ether oxygens (including phenoxy) is 1. The smallest absolute Gasteiger partial charge is 0.148 e. The molecule has 0 fully saturated rings. The molecule has 0 unspecified atom stereocenters. The van der Waals surface area contributed by atoms with Gasteiger partial charge in [-0.3, -0.25) is 4.98 Å². The molecule has 3 aromatic heterocycles. The lowest BCUT2D eigenvalue weighted by Crippen LogP contribution is -1.93. The topological polar surface area (TPSA) is 52.3 Å². The first-order valence-corrected chi connectivity index (χ1v) is 6.24. The zero-order valence-electron chi connectivity index (χ0n) is 10.2. The predicted molar refractivity (Wildman–Crippen MR) is 72.4 cm³/mol. The van der Waals surface area contributed by atoms with Crippen LogP contribution in [0.25, 0.3) is 16.8 Å². The highest BCUT2D eigenvalue weighted by Crippen LogP contribution is 2.25. The molecule has 3 rings (SSSR count). The molecule has 0 aliphatic heterocycles. The Hall–Kier alpha value is -2.14. The summed E-state index contributed by atoms with van der Waals surface area (Å²) in [4.78, 5) is 8.29. The first-order chi connectivity index (χ1) is 9.28. The van der Waals surface area contributed by atoms with Gasteiger partial charge in [-0.15, -0.1) is 0 Å². The minimum atomic E-state index is 0.359. The molecule has 0 aromatic carbocycles. The molecule has 0 atom stereocenters. The van der Waals surface area contributed by atoms with Crippen molar-refractivity contribution in [2.75, 3.05) is 6.61 Å². The third-order valence-electron chi connectivity index (χ3n) is 2.69. The van der Waals surface area contributed by atoms with Gasteiger partial charge in [-0.1, -0.05) is 11.6 Å². The summed E-state index contributed by atoms with van der Waals surface area (Å²) < 4.78 is 7.26. The van der Waals surface area contributed by atoms with Crippen LogP contribution in [0.2, 0.25) is 5.15 Å². The summed E-state index contributed by atoms with van der Waals surface area (Å²) in [5, 5.41) is 4.64. The maximum absolute atomic E-state index is 5.87. The van der Waals surface area contributed by atoms with Crippen molar-refractivity contribution in [1.29, 1.82) is 0 Å². The van der Waals surface area contributed by atoms with Crippen molar-refractivity contribution >= 4 is 17.1 Å². The zero-order chi connectivity index (χ0) is 13.2. The number of fused-ring (bicyclic) bond motifs is 1. The minimum absolute atomic E-state index is 0.359. The molecule has 0 saturated carbocycles. The van der Waals surface area contributed by atoms with Crippen LogP contribution in [0.3, 0.4) is 0 Å². The fourth-order valence-electron chi connectivity index (χ4n) is 1.89. The summed E-state index contributed by atoms with van der Waals surface area (Å²) in [6, 6.07) is 3.80. The molecule has 96 valence electrons. The van der Waals surface area contributed by atoms with Crippen LogP contribution in [0, 0.1) is 0 Å². The Balaban J connectivity index is 2.15. The molecule has 0 aliphatic carbocycles. The van der Waals surface area contributed by atoms with E-state index in [4.69, 9.17) is 16.3 Å². The van der Waals surface area contributed by atoms with Gasteiger partial charge in [-0.25, -0.2) is 9.50 Å². The van der Waals surface area contributed by atoms with Gasteiger partial charge in [0.2, 0.25) is 0 Å². The van der Waals surface area contributed by atoms with Gasteiger partial charge < -0.3 is 4.74 Å². The van der Waals surface area contributed by atoms with Crippen LogP contribution >= 0.6 is 11.6 Å². The van der Waals surface area contributed by atoms with Crippen LogP contribution in [0.5, 0.6) is 5.75 Å². The molecule has 0 spiro atoms. The van der Waals surface area contributed by atoms with Crippen molar-refractivity contribution in [3.63, 3.8) is 0 Å². The summed E-state index contributed by atoms with van der Waals surface area (Å²) >= 11 is 5.87. The Bertz CT molecular complexity index is 725. The Morgan fingerprint density at radius 2 is 2.21 bits per heavy atom. The van der Waals surface area contributed by atoms with E-state index in [2.05, 4.69) is 15.1 Å². The highest BCUT2D eigenvalue weighted by Gasteiger charge is 2.09. The lowest BCUT2D eigenvalue weighted by Gasteiger charge is -2.04. The monoisotopic (exact) mass is 274 g/mol. The van der Waals surface area contributed by atoms with Crippen molar-refractivity contribution in [3.05, 3.63) is 42.1 Å². The van der Waals surface area contributed by atoms with Gasteiger partial charge in [-0.05, 0) is 13.0 Å². The molecule has 0 saturated heterocycles. The molecule has 19 heavy (non-hydrogen) atoms. The molecule has 0 N–H and O–H groups in total. The van der Waals surface area contributed by atoms with E-state index in [-0.39, 0.29) is 0 Å². The predicted octanol–water partition coefficient (Wildman–Crippen LogP) is 2.84. The van der Waals surface area contributed by atoms with E-state index in [1.54, 1.807) is 16.9 Å². The van der Waals surface area contributed by atoms with Gasteiger partial charge >= 0.3 is 0 Å². The van der Waals surface area contributed by atoms with Gasteiger partial charge in [0.25, 0.3) is 0 Å². The number of halogens is 1. The molecule has 3 heterocycles. The van der Waals surface area contributed by atoms with Gasteiger partial charge in [-0.2, -0.15) is 5.10 Å². The van der Waals surface area contributed by atoms with Crippen molar-refractivity contribution < 1.29 is 4.74 Å². The quantitative estimate of drug-likeness (QED) is 0.737. The molecule has 0 radical (unpaired) electrons. The molecular formula is C13H11ClN4O. The van der Waals surface area contributed by atoms with Crippen LogP contribution in [0.1, 0.15) is 6.92 Å². The Morgan fingerprint density at radius 3 is 3.00 bits per heavy atom. The summed E-state index contributed by atoms with van der Waals surface area (Å²) in [5.74, 6) is 0.798. The highest BCUT2D eigenvalue weighted by atomic mass is 35.5. The van der Waals surface area contributed by atoms with E-state index in [9.17, 15) is 0 Å². The first-order valence-electron chi connectivity index (χ1n) is 5.86. The molecule has 5 nitrogen and oxygen atoms in total. The second kappa shape index (κ2) is 4.85. The van der Waals surface area contributed by atoms with Crippen molar-refractivity contribution in [2.45, 2.75) is 6.92 Å². The van der Waals surface area contributed by atoms with Crippen LogP contribution in [-0.2, 0) is 0 Å². The molecule has 0 aliphatic rings. The number of pyridine rings is 1. The average Bonchev–Trinajstić information content (AvgIpc) is 2.82. The fourth-order valence-corrected chi connectivity index (χ4v) is 2.03. The molecule has 3 aromatic rings. The number of nitrogens with zero attached hydrogens (tertiary/aromatic N) is 4. The Labute approximate surface area is 114 Å². The van der Waals surface area contributed by atoms with Crippen LogP contribution in [0.15, 0.2) is 36.9 Å². The summed E-state index contributed by atoms with van der Waals surface area (Å²) in [6.07, 6.45) is 6.76. The van der Waals surface area contributed by atoms with E-state index >= 15 is 0 Å². The first kappa shape index (κ1) is 11.9. The zero-order valence-corrected chi connectivity index (χ0v) is 11.0. The SMILES string of the molecule is CCOc1ccn2ncc(-c3cncc(Cl)n3)c2c1. The third-order valence-corrected chi connectivity index (χ3v) is 2.87. The van der Waals surface area contributed by atoms with Crippen LogP contribution in [0.4, 0.5) is 0 Å². The lowest BCUT2D eigenvalue weighted by atomic mass is 10.2. The second-order valence-corrected chi connectivity index (χ2v) is 4.30. The normalized spacial score (nSPS) is 10.8. The van der Waals surface area contributed by atoms with E-state index in [0.717, 1.165) is 16.8 Å². The van der Waals surface area contributed by atoms with Crippen LogP contribution < -0.4 is 4.74 Å². The Morgan fingerprint density at radius 1 is 1.32 bits per heavy atom. The second-order valence-electron chi connectivity index (χ2n) is 3.91. The number of hydrogen-bond donors (Lipinski definition) is 0. The van der Waals surface area contributed by atoms with E-state index < -0.39 is 0 Å². The van der Waals surface area contributed by atoms with Crippen molar-refractivity contribution in [1.82, 2.24) is 19.6 Å². The number of hydrogen-bond acceptors (Lipinski definition) is 4. The average molecular weight is 275 g/mol. The number of aromatic nitrogens is 4. The molecule has 0 bridgehead atoms. The Kier molecular flexibility index (Phi) is 3.05. The van der Waals surface area contributed by atoms with Crippen molar-refractivity contribution in [2.24, 2.45) is 0 Å². The third kappa shape index (κ3) is 2.24. The lowest BCUT2D eigenvalue weighted by molar-refractivity contribution is 0.340. The standard InChI is InChI=1S/C13H11ClN4O/c1-2-19-9-3-4-18-12(5-9)10(6-16-18)11-7-15-8-13(14)17-11/h3-8H,2H2,1H3. The summed E-state index contributed by atoms with van der Waals surface area (Å²) in [5.41, 5.74) is 2.47. The minimum Gasteiger partial charge on any atom is -0.494 e. The van der Waals surface area contributed by atoms with Gasteiger partial charge in [0.1, 0.15) is 10.9 Å². The highest BCUT2D eigenvalue weighted by molar-refractivity contribution is 6.29. The van der Waals surface area contributed by atoms with E-state index in [1.807, 2.05) is 25.3 Å². The van der Waals surface area contributed by atoms with Crippen molar-refractivity contribution in [3.8, 4) is 17.0 Å². The molecule has 6 heteroatoms. The van der Waals surface area contributed by atoms with Gasteiger partial charge in [0, 0.05) is 17.8 Å². The largest absolute Gasteiger partial charge is 0.494 e. The molecular weight excluding hydrogens is 264 g/mol. The fraction of sp³-hybridized carbons (Fsp3) is 0.154. The molecule has 0 amide bonds. The van der Waals surface area contributed by atoms with E-state index in [1.165, 1.54) is 6.20 Å². The number of rotatable bonds is 3.